The fraction of sp³-hybridized carbons (Fsp3) is 0.448. The maximum absolute atomic E-state index is 4.00. The Morgan fingerprint density at radius 2 is 1.89 bits per heavy atom. The van der Waals surface area contributed by atoms with Gasteiger partial charge in [-0.3, -0.25) is 9.47 Å². The number of H-pyrrole nitrogens is 1. The first-order valence-electron chi connectivity index (χ1n) is 13.3. The molecule has 4 heterocycles. The predicted octanol–water partition coefficient (Wildman–Crippen LogP) is 5.45. The van der Waals surface area contributed by atoms with E-state index in [9.17, 15) is 0 Å². The van der Waals surface area contributed by atoms with Crippen molar-refractivity contribution >= 4 is 10.9 Å². The number of piperidine rings is 2. The molecule has 6 rings (SSSR count). The van der Waals surface area contributed by atoms with Gasteiger partial charge in [0.2, 0.25) is 0 Å². The Labute approximate surface area is 207 Å². The number of nitrogens with one attached hydrogen (secondary N) is 2. The third-order valence-corrected chi connectivity index (χ3v) is 8.42. The summed E-state index contributed by atoms with van der Waals surface area (Å²) < 4.78 is 1.99. The zero-order chi connectivity index (χ0) is 23.6. The van der Waals surface area contributed by atoms with Crippen molar-refractivity contribution < 1.29 is 0 Å². The number of rotatable bonds is 6. The summed E-state index contributed by atoms with van der Waals surface area (Å²) in [6.07, 6.45) is 12.1. The minimum absolute atomic E-state index is 0.496. The smallest absolute Gasteiger partial charge is 0.123 e. The summed E-state index contributed by atoms with van der Waals surface area (Å²) in [7, 11) is 0. The van der Waals surface area contributed by atoms with Gasteiger partial charge in [-0.05, 0) is 79.9 Å². The van der Waals surface area contributed by atoms with Crippen LogP contribution >= 0.6 is 0 Å². The normalized spacial score (nSPS) is 24.5. The van der Waals surface area contributed by atoms with E-state index in [0.29, 0.717) is 23.9 Å². The molecule has 4 unspecified atom stereocenters. The summed E-state index contributed by atoms with van der Waals surface area (Å²) in [5.41, 5.74) is 5.25. The first-order valence-corrected chi connectivity index (χ1v) is 13.3. The molecule has 4 atom stereocenters. The van der Waals surface area contributed by atoms with Gasteiger partial charge >= 0.3 is 0 Å². The number of fused-ring (bicyclic) bond motifs is 1. The lowest BCUT2D eigenvalue weighted by molar-refractivity contribution is 0.0339. The Hall–Kier alpha value is -2.96. The number of aromatic nitrogens is 4. The fourth-order valence-electron chi connectivity index (χ4n) is 6.76. The average Bonchev–Trinajstić information content (AvgIpc) is 3.61. The number of aromatic amines is 1. The van der Waals surface area contributed by atoms with Crippen molar-refractivity contribution in [3.05, 3.63) is 78.5 Å². The van der Waals surface area contributed by atoms with Crippen LogP contribution in [0.2, 0.25) is 0 Å². The van der Waals surface area contributed by atoms with Gasteiger partial charge in [0, 0.05) is 41.4 Å². The van der Waals surface area contributed by atoms with Crippen LogP contribution in [0, 0.1) is 5.92 Å². The molecule has 0 amide bonds. The first kappa shape index (κ1) is 22.5. The van der Waals surface area contributed by atoms with Crippen LogP contribution in [0.15, 0.2) is 67.4 Å². The van der Waals surface area contributed by atoms with Gasteiger partial charge in [-0.2, -0.15) is 0 Å². The van der Waals surface area contributed by atoms with Crippen molar-refractivity contribution in [3.63, 3.8) is 0 Å². The van der Waals surface area contributed by atoms with E-state index in [1.54, 1.807) is 12.7 Å². The van der Waals surface area contributed by atoms with Crippen LogP contribution < -0.4 is 5.32 Å². The maximum Gasteiger partial charge on any atom is 0.123 e. The van der Waals surface area contributed by atoms with Crippen LogP contribution in [-0.2, 0) is 0 Å². The van der Waals surface area contributed by atoms with Crippen LogP contribution in [0.25, 0.3) is 16.6 Å². The van der Waals surface area contributed by atoms with Crippen LogP contribution in [0.5, 0.6) is 0 Å². The van der Waals surface area contributed by atoms with Gasteiger partial charge in [-0.1, -0.05) is 43.7 Å². The molecule has 2 aromatic carbocycles. The van der Waals surface area contributed by atoms with Gasteiger partial charge in [0.1, 0.15) is 12.7 Å². The van der Waals surface area contributed by atoms with E-state index in [1.165, 1.54) is 54.3 Å². The molecule has 2 aliphatic heterocycles. The van der Waals surface area contributed by atoms with Crippen molar-refractivity contribution in [1.82, 2.24) is 30.0 Å². The molecule has 0 aliphatic carbocycles. The van der Waals surface area contributed by atoms with Gasteiger partial charge in [0.05, 0.1) is 0 Å². The summed E-state index contributed by atoms with van der Waals surface area (Å²) in [5.74, 6) is 1.08. The number of hydrogen-bond donors (Lipinski definition) is 2. The van der Waals surface area contributed by atoms with Crippen molar-refractivity contribution in [2.75, 3.05) is 19.6 Å². The summed E-state index contributed by atoms with van der Waals surface area (Å²) in [5, 5.41) is 13.1. The second-order valence-corrected chi connectivity index (χ2v) is 10.2. The van der Waals surface area contributed by atoms with Crippen LogP contribution in [0.4, 0.5) is 0 Å². The third-order valence-electron chi connectivity index (χ3n) is 8.42. The quantitative estimate of drug-likeness (QED) is 0.395. The minimum Gasteiger partial charge on any atom is -0.361 e. The lowest BCUT2D eigenvalue weighted by Crippen LogP contribution is -2.53. The molecule has 6 heteroatoms. The highest BCUT2D eigenvalue weighted by Gasteiger charge is 2.39. The van der Waals surface area contributed by atoms with Crippen LogP contribution in [0.1, 0.15) is 62.1 Å². The van der Waals surface area contributed by atoms with Gasteiger partial charge < -0.3 is 10.3 Å². The fourth-order valence-corrected chi connectivity index (χ4v) is 6.76. The lowest BCUT2D eigenvalue weighted by Gasteiger charge is -2.48. The Kier molecular flexibility index (Phi) is 6.40. The molecule has 6 nitrogen and oxygen atoms in total. The zero-order valence-corrected chi connectivity index (χ0v) is 20.6. The Morgan fingerprint density at radius 1 is 1.03 bits per heavy atom. The standard InChI is InChI=1S/C29H36N6/c1-2-23(25-18-31-27-12-11-22(16-24(25)27)34-19-32-33-20-34)26-17-30-14-13-29(26)35-15-7-6-10-28(35)21-8-4-3-5-9-21/h3-5,8-9,11-12,16,18-20,23,26,28-31H,2,6-7,10,13-15,17H2,1H3. The monoisotopic (exact) mass is 468 g/mol. The molecule has 2 aliphatic rings. The van der Waals surface area contributed by atoms with Crippen LogP contribution in [0.3, 0.4) is 0 Å². The molecular formula is C29H36N6. The molecule has 0 saturated carbocycles. The lowest BCUT2D eigenvalue weighted by atomic mass is 9.75. The van der Waals surface area contributed by atoms with E-state index in [2.05, 4.69) is 87.0 Å². The summed E-state index contributed by atoms with van der Waals surface area (Å²) in [4.78, 5) is 6.45. The molecule has 35 heavy (non-hydrogen) atoms. The molecular weight excluding hydrogens is 432 g/mol. The highest BCUT2D eigenvalue weighted by molar-refractivity contribution is 5.85. The van der Waals surface area contributed by atoms with Crippen molar-refractivity contribution in [3.8, 4) is 5.69 Å². The van der Waals surface area contributed by atoms with Crippen molar-refractivity contribution in [2.45, 2.75) is 57.0 Å². The van der Waals surface area contributed by atoms with E-state index in [4.69, 9.17) is 0 Å². The Bertz CT molecular complexity index is 1230. The van der Waals surface area contributed by atoms with Gasteiger partial charge in [-0.15, -0.1) is 10.2 Å². The summed E-state index contributed by atoms with van der Waals surface area (Å²) in [6, 6.07) is 19.0. The number of nitrogens with zero attached hydrogens (tertiary/aromatic N) is 4. The van der Waals surface area contributed by atoms with E-state index in [0.717, 1.165) is 25.2 Å². The highest BCUT2D eigenvalue weighted by Crippen LogP contribution is 2.42. The van der Waals surface area contributed by atoms with E-state index < -0.39 is 0 Å². The van der Waals surface area contributed by atoms with Gasteiger partial charge in [0.15, 0.2) is 0 Å². The predicted molar refractivity (Wildman–Crippen MR) is 141 cm³/mol. The highest BCUT2D eigenvalue weighted by atomic mass is 15.2. The molecule has 2 aromatic heterocycles. The number of hydrogen-bond acceptors (Lipinski definition) is 4. The van der Waals surface area contributed by atoms with E-state index >= 15 is 0 Å². The molecule has 182 valence electrons. The van der Waals surface area contributed by atoms with Crippen molar-refractivity contribution in [1.29, 1.82) is 0 Å². The second kappa shape index (κ2) is 9.96. The second-order valence-electron chi connectivity index (χ2n) is 10.2. The molecule has 0 spiro atoms. The van der Waals surface area contributed by atoms with E-state index in [-0.39, 0.29) is 0 Å². The maximum atomic E-state index is 4.00. The zero-order valence-electron chi connectivity index (χ0n) is 20.6. The van der Waals surface area contributed by atoms with E-state index in [1.807, 2.05) is 4.57 Å². The first-order chi connectivity index (χ1) is 17.3. The Balaban J connectivity index is 1.35. The topological polar surface area (TPSA) is 61.8 Å². The number of likely N-dealkylation sites (tertiary alicyclic amines) is 1. The van der Waals surface area contributed by atoms with Crippen LogP contribution in [-0.4, -0.2) is 50.3 Å². The Morgan fingerprint density at radius 3 is 2.71 bits per heavy atom. The average molecular weight is 469 g/mol. The van der Waals surface area contributed by atoms with Gasteiger partial charge in [-0.25, -0.2) is 0 Å². The van der Waals surface area contributed by atoms with Gasteiger partial charge in [0.25, 0.3) is 0 Å². The molecule has 2 saturated heterocycles. The third kappa shape index (κ3) is 4.30. The molecule has 2 N–H and O–H groups in total. The largest absolute Gasteiger partial charge is 0.361 e. The summed E-state index contributed by atoms with van der Waals surface area (Å²) >= 11 is 0. The molecule has 2 fully saturated rings. The van der Waals surface area contributed by atoms with Crippen molar-refractivity contribution in [2.24, 2.45) is 5.92 Å². The minimum atomic E-state index is 0.496. The molecule has 4 aromatic rings. The summed E-state index contributed by atoms with van der Waals surface area (Å²) in [6.45, 7) is 5.77. The SMILES string of the molecule is CCC(c1c[nH]c2ccc(-n3cnnc3)cc12)C1CNCCC1N1CCCCC1c1ccccc1. The number of benzene rings is 2. The molecule has 0 bridgehead atoms. The molecule has 0 radical (unpaired) electrons.